The molecule has 0 aromatic carbocycles. The van der Waals surface area contributed by atoms with Crippen LogP contribution >= 0.6 is 0 Å². The Kier molecular flexibility index (Phi) is 6.26. The highest BCUT2D eigenvalue weighted by atomic mass is 15.2. The van der Waals surface area contributed by atoms with Crippen molar-refractivity contribution >= 4 is 0 Å². The SMILES string of the molecule is CCNCCCCN(CC(C)C)C1CC1. The standard InChI is InChI=1S/C13H28N2/c1-4-14-9-5-6-10-15(11-12(2)3)13-7-8-13/h12-14H,4-11H2,1-3H3. The Labute approximate surface area is 95.4 Å². The van der Waals surface area contributed by atoms with Crippen LogP contribution in [0.25, 0.3) is 0 Å². The molecule has 0 amide bonds. The molecule has 90 valence electrons. The topological polar surface area (TPSA) is 15.3 Å². The van der Waals surface area contributed by atoms with Crippen molar-refractivity contribution in [3.63, 3.8) is 0 Å². The summed E-state index contributed by atoms with van der Waals surface area (Å²) in [7, 11) is 0. The number of unbranched alkanes of at least 4 members (excludes halogenated alkanes) is 1. The van der Waals surface area contributed by atoms with Crippen LogP contribution in [-0.2, 0) is 0 Å². The summed E-state index contributed by atoms with van der Waals surface area (Å²) in [5, 5.41) is 3.39. The van der Waals surface area contributed by atoms with E-state index in [9.17, 15) is 0 Å². The van der Waals surface area contributed by atoms with Gasteiger partial charge in [-0.2, -0.15) is 0 Å². The summed E-state index contributed by atoms with van der Waals surface area (Å²) < 4.78 is 0. The predicted molar refractivity (Wildman–Crippen MR) is 67.2 cm³/mol. The van der Waals surface area contributed by atoms with Crippen molar-refractivity contribution in [2.24, 2.45) is 5.92 Å². The first-order chi connectivity index (χ1) is 7.24. The minimum Gasteiger partial charge on any atom is -0.317 e. The average molecular weight is 212 g/mol. The largest absolute Gasteiger partial charge is 0.317 e. The van der Waals surface area contributed by atoms with Gasteiger partial charge in [-0.3, -0.25) is 0 Å². The van der Waals surface area contributed by atoms with Gasteiger partial charge in [0.2, 0.25) is 0 Å². The van der Waals surface area contributed by atoms with Crippen molar-refractivity contribution in [1.82, 2.24) is 10.2 Å². The van der Waals surface area contributed by atoms with Crippen molar-refractivity contribution in [1.29, 1.82) is 0 Å². The van der Waals surface area contributed by atoms with E-state index in [4.69, 9.17) is 0 Å². The first-order valence-corrected chi connectivity index (χ1v) is 6.68. The van der Waals surface area contributed by atoms with E-state index in [-0.39, 0.29) is 0 Å². The molecule has 0 spiro atoms. The van der Waals surface area contributed by atoms with Gasteiger partial charge in [0.25, 0.3) is 0 Å². The van der Waals surface area contributed by atoms with Crippen LogP contribution in [0.1, 0.15) is 46.5 Å². The predicted octanol–water partition coefficient (Wildman–Crippen LogP) is 2.50. The fourth-order valence-electron chi connectivity index (χ4n) is 2.07. The lowest BCUT2D eigenvalue weighted by Gasteiger charge is -2.23. The maximum absolute atomic E-state index is 3.39. The zero-order valence-corrected chi connectivity index (χ0v) is 10.8. The minimum absolute atomic E-state index is 0.819. The molecule has 0 aromatic rings. The molecule has 0 bridgehead atoms. The monoisotopic (exact) mass is 212 g/mol. The third kappa shape index (κ3) is 6.16. The highest BCUT2D eigenvalue weighted by Gasteiger charge is 2.28. The first-order valence-electron chi connectivity index (χ1n) is 6.68. The Balaban J connectivity index is 2.04. The number of hydrogen-bond acceptors (Lipinski definition) is 2. The maximum Gasteiger partial charge on any atom is 0.00965 e. The quantitative estimate of drug-likeness (QED) is 0.591. The Morgan fingerprint density at radius 1 is 1.27 bits per heavy atom. The molecule has 2 heteroatoms. The van der Waals surface area contributed by atoms with E-state index in [1.165, 1.54) is 45.3 Å². The second-order valence-corrected chi connectivity index (χ2v) is 5.18. The normalized spacial score (nSPS) is 16.6. The van der Waals surface area contributed by atoms with Gasteiger partial charge < -0.3 is 10.2 Å². The van der Waals surface area contributed by atoms with Gasteiger partial charge >= 0.3 is 0 Å². The van der Waals surface area contributed by atoms with Crippen LogP contribution in [0, 0.1) is 5.92 Å². The molecule has 0 aromatic heterocycles. The Bertz CT molecular complexity index is 153. The van der Waals surface area contributed by atoms with Crippen molar-refractivity contribution in [3.8, 4) is 0 Å². The molecule has 1 N–H and O–H groups in total. The molecule has 0 aliphatic heterocycles. The van der Waals surface area contributed by atoms with Gasteiger partial charge in [-0.25, -0.2) is 0 Å². The van der Waals surface area contributed by atoms with Crippen molar-refractivity contribution in [2.75, 3.05) is 26.2 Å². The molecule has 0 unspecified atom stereocenters. The lowest BCUT2D eigenvalue weighted by molar-refractivity contribution is 0.230. The zero-order chi connectivity index (χ0) is 11.1. The van der Waals surface area contributed by atoms with Gasteiger partial charge in [-0.05, 0) is 51.2 Å². The van der Waals surface area contributed by atoms with Crippen LogP contribution in [-0.4, -0.2) is 37.1 Å². The molecule has 1 rings (SSSR count). The van der Waals surface area contributed by atoms with E-state index in [0.717, 1.165) is 18.5 Å². The number of hydrogen-bond donors (Lipinski definition) is 1. The van der Waals surface area contributed by atoms with Crippen LogP contribution in [0.2, 0.25) is 0 Å². The molecule has 1 aliphatic carbocycles. The second-order valence-electron chi connectivity index (χ2n) is 5.18. The van der Waals surface area contributed by atoms with Crippen molar-refractivity contribution in [3.05, 3.63) is 0 Å². The van der Waals surface area contributed by atoms with E-state index in [0.29, 0.717) is 0 Å². The molecule has 15 heavy (non-hydrogen) atoms. The van der Waals surface area contributed by atoms with E-state index < -0.39 is 0 Å². The van der Waals surface area contributed by atoms with Gasteiger partial charge in [0.05, 0.1) is 0 Å². The molecule has 0 heterocycles. The lowest BCUT2D eigenvalue weighted by atomic mass is 10.2. The van der Waals surface area contributed by atoms with Crippen LogP contribution < -0.4 is 5.32 Å². The molecule has 1 fully saturated rings. The fourth-order valence-corrected chi connectivity index (χ4v) is 2.07. The van der Waals surface area contributed by atoms with Gasteiger partial charge in [0, 0.05) is 12.6 Å². The van der Waals surface area contributed by atoms with Crippen LogP contribution in [0.3, 0.4) is 0 Å². The summed E-state index contributed by atoms with van der Waals surface area (Å²) in [5.41, 5.74) is 0. The van der Waals surface area contributed by atoms with Gasteiger partial charge in [0.15, 0.2) is 0 Å². The van der Waals surface area contributed by atoms with Gasteiger partial charge in [0.1, 0.15) is 0 Å². The summed E-state index contributed by atoms with van der Waals surface area (Å²) in [6, 6.07) is 0.937. The summed E-state index contributed by atoms with van der Waals surface area (Å²) in [4.78, 5) is 2.70. The second kappa shape index (κ2) is 7.24. The molecule has 2 nitrogen and oxygen atoms in total. The molecular formula is C13H28N2. The summed E-state index contributed by atoms with van der Waals surface area (Å²) >= 11 is 0. The molecular weight excluding hydrogens is 184 g/mol. The third-order valence-corrected chi connectivity index (χ3v) is 2.96. The molecule has 1 saturated carbocycles. The lowest BCUT2D eigenvalue weighted by Crippen LogP contribution is -2.31. The number of nitrogens with zero attached hydrogens (tertiary/aromatic N) is 1. The fraction of sp³-hybridized carbons (Fsp3) is 1.00. The third-order valence-electron chi connectivity index (χ3n) is 2.96. The van der Waals surface area contributed by atoms with Crippen LogP contribution in [0.4, 0.5) is 0 Å². The number of rotatable bonds is 9. The molecule has 0 radical (unpaired) electrons. The highest BCUT2D eigenvalue weighted by Crippen LogP contribution is 2.27. The molecule has 0 saturated heterocycles. The zero-order valence-electron chi connectivity index (χ0n) is 10.8. The van der Waals surface area contributed by atoms with E-state index in [1.807, 2.05) is 0 Å². The van der Waals surface area contributed by atoms with E-state index in [2.05, 4.69) is 31.0 Å². The van der Waals surface area contributed by atoms with Gasteiger partial charge in [-0.15, -0.1) is 0 Å². The van der Waals surface area contributed by atoms with Crippen molar-refractivity contribution < 1.29 is 0 Å². The van der Waals surface area contributed by atoms with Crippen LogP contribution in [0.5, 0.6) is 0 Å². The van der Waals surface area contributed by atoms with E-state index >= 15 is 0 Å². The molecule has 1 aliphatic rings. The van der Waals surface area contributed by atoms with Crippen molar-refractivity contribution in [2.45, 2.75) is 52.5 Å². The van der Waals surface area contributed by atoms with Gasteiger partial charge in [-0.1, -0.05) is 20.8 Å². The summed E-state index contributed by atoms with van der Waals surface area (Å²) in [5.74, 6) is 0.819. The maximum atomic E-state index is 3.39. The smallest absolute Gasteiger partial charge is 0.00965 e. The Hall–Kier alpha value is -0.0800. The first kappa shape index (κ1) is 13.0. The highest BCUT2D eigenvalue weighted by molar-refractivity contribution is 4.84. The minimum atomic E-state index is 0.819. The summed E-state index contributed by atoms with van der Waals surface area (Å²) in [6.45, 7) is 11.7. The summed E-state index contributed by atoms with van der Waals surface area (Å²) in [6.07, 6.45) is 5.57. The Morgan fingerprint density at radius 2 is 2.00 bits per heavy atom. The molecule has 0 atom stereocenters. The van der Waals surface area contributed by atoms with Crippen LogP contribution in [0.15, 0.2) is 0 Å². The average Bonchev–Trinajstić information content (AvgIpc) is 2.98. The Morgan fingerprint density at radius 3 is 2.53 bits per heavy atom. The van der Waals surface area contributed by atoms with E-state index in [1.54, 1.807) is 0 Å². The number of nitrogens with one attached hydrogen (secondary N) is 1.